The summed E-state index contributed by atoms with van der Waals surface area (Å²) in [7, 11) is 0. The summed E-state index contributed by atoms with van der Waals surface area (Å²) in [6.45, 7) is 2.28. The minimum absolute atomic E-state index is 0.290. The number of hydrogen-bond donors (Lipinski definition) is 0. The predicted octanol–water partition coefficient (Wildman–Crippen LogP) is 8.28. The van der Waals surface area contributed by atoms with E-state index >= 15 is 0 Å². The molecule has 0 heterocycles. The maximum Gasteiger partial charge on any atom is 0.145 e. The third-order valence-corrected chi connectivity index (χ3v) is 7.38. The number of benzene rings is 1. The Bertz CT molecular complexity index is 547. The van der Waals surface area contributed by atoms with Crippen molar-refractivity contribution in [3.63, 3.8) is 0 Å². The van der Waals surface area contributed by atoms with E-state index in [1.165, 1.54) is 76.3 Å². The quantitative estimate of drug-likeness (QED) is 0.343. The maximum absolute atomic E-state index is 13.7. The fraction of sp³-hybridized carbons (Fsp3) is 0.739. The molecule has 0 amide bonds. The second kappa shape index (κ2) is 9.53. The van der Waals surface area contributed by atoms with Gasteiger partial charge < -0.3 is 0 Å². The summed E-state index contributed by atoms with van der Waals surface area (Å²) in [6.07, 6.45) is 15.7. The van der Waals surface area contributed by atoms with Crippen LogP contribution < -0.4 is 0 Å². The molecule has 0 saturated heterocycles. The molecule has 0 bridgehead atoms. The van der Waals surface area contributed by atoms with Crippen LogP contribution in [0.25, 0.3) is 0 Å². The average Bonchev–Trinajstić information content (AvgIpc) is 2.67. The summed E-state index contributed by atoms with van der Waals surface area (Å²) in [5.74, 6) is 1.73. The van der Waals surface area contributed by atoms with Crippen LogP contribution in [0.1, 0.15) is 95.5 Å². The Hall–Kier alpha value is -0.630. The number of rotatable bonds is 6. The zero-order chi connectivity index (χ0) is 18.5. The zero-order valence-corrected chi connectivity index (χ0v) is 16.8. The summed E-state index contributed by atoms with van der Waals surface area (Å²) in [6, 6.07) is 2.88. The highest BCUT2D eigenvalue weighted by atomic mass is 35.5. The topological polar surface area (TPSA) is 0 Å². The van der Waals surface area contributed by atoms with Crippen molar-refractivity contribution in [2.75, 3.05) is 0 Å². The van der Waals surface area contributed by atoms with Crippen molar-refractivity contribution in [3.05, 3.63) is 34.4 Å². The molecule has 2 saturated carbocycles. The fourth-order valence-electron chi connectivity index (χ4n) is 5.37. The summed E-state index contributed by atoms with van der Waals surface area (Å²) in [5.41, 5.74) is 0.794. The molecule has 0 atom stereocenters. The molecule has 3 rings (SSSR count). The van der Waals surface area contributed by atoms with Gasteiger partial charge in [0.25, 0.3) is 0 Å². The van der Waals surface area contributed by atoms with Gasteiger partial charge in [0, 0.05) is 0 Å². The van der Waals surface area contributed by atoms with Gasteiger partial charge >= 0.3 is 0 Å². The van der Waals surface area contributed by atoms with Gasteiger partial charge in [-0.1, -0.05) is 57.0 Å². The van der Waals surface area contributed by atoms with Crippen molar-refractivity contribution in [3.8, 4) is 0 Å². The smallest absolute Gasteiger partial charge is 0.145 e. The molecule has 0 aromatic heterocycles. The molecule has 0 N–H and O–H groups in total. The van der Waals surface area contributed by atoms with Crippen molar-refractivity contribution >= 4 is 11.6 Å². The Morgan fingerprint density at radius 1 is 0.846 bits per heavy atom. The highest BCUT2D eigenvalue weighted by molar-refractivity contribution is 6.30. The molecule has 0 unspecified atom stereocenters. The van der Waals surface area contributed by atoms with E-state index in [1.54, 1.807) is 0 Å². The van der Waals surface area contributed by atoms with E-state index in [-0.39, 0.29) is 10.9 Å². The largest absolute Gasteiger partial charge is 0.205 e. The van der Waals surface area contributed by atoms with Gasteiger partial charge in [-0.25, -0.2) is 8.78 Å². The molecule has 1 aromatic rings. The molecule has 0 aliphatic heterocycles. The minimum atomic E-state index is -0.620. The molecule has 146 valence electrons. The lowest BCUT2D eigenvalue weighted by molar-refractivity contribution is 0.155. The first-order valence-electron chi connectivity index (χ1n) is 10.7. The Morgan fingerprint density at radius 3 is 1.92 bits per heavy atom. The molecule has 1 aromatic carbocycles. The van der Waals surface area contributed by atoms with Crippen LogP contribution in [0.4, 0.5) is 8.78 Å². The molecule has 3 heteroatoms. The van der Waals surface area contributed by atoms with Gasteiger partial charge in [-0.2, -0.15) is 0 Å². The number of hydrogen-bond acceptors (Lipinski definition) is 0. The van der Waals surface area contributed by atoms with Crippen LogP contribution in [-0.4, -0.2) is 0 Å². The van der Waals surface area contributed by atoms with E-state index in [9.17, 15) is 8.78 Å². The highest BCUT2D eigenvalue weighted by Crippen LogP contribution is 2.45. The Morgan fingerprint density at radius 2 is 1.38 bits per heavy atom. The molecule has 26 heavy (non-hydrogen) atoms. The number of halogens is 3. The second-order valence-electron chi connectivity index (χ2n) is 8.69. The molecule has 0 spiro atoms. The second-order valence-corrected chi connectivity index (χ2v) is 9.06. The van der Waals surface area contributed by atoms with Crippen molar-refractivity contribution in [2.24, 2.45) is 17.8 Å². The Kier molecular flexibility index (Phi) is 7.37. The summed E-state index contributed by atoms with van der Waals surface area (Å²) in [4.78, 5) is 0. The monoisotopic (exact) mass is 382 g/mol. The maximum atomic E-state index is 13.7. The summed E-state index contributed by atoms with van der Waals surface area (Å²) >= 11 is 5.61. The van der Waals surface area contributed by atoms with E-state index in [0.29, 0.717) is 0 Å². The van der Waals surface area contributed by atoms with E-state index in [0.717, 1.165) is 36.2 Å². The fourth-order valence-corrected chi connectivity index (χ4v) is 5.48. The Labute approximate surface area is 162 Å². The van der Waals surface area contributed by atoms with Gasteiger partial charge in [0.15, 0.2) is 0 Å². The van der Waals surface area contributed by atoms with Crippen LogP contribution in [0.2, 0.25) is 5.02 Å². The summed E-state index contributed by atoms with van der Waals surface area (Å²) < 4.78 is 27.5. The van der Waals surface area contributed by atoms with Crippen LogP contribution in [-0.2, 0) is 0 Å². The van der Waals surface area contributed by atoms with Crippen LogP contribution >= 0.6 is 11.6 Å². The van der Waals surface area contributed by atoms with Gasteiger partial charge in [0.1, 0.15) is 16.7 Å². The lowest BCUT2D eigenvalue weighted by atomic mass is 9.68. The van der Waals surface area contributed by atoms with Gasteiger partial charge in [0.05, 0.1) is 0 Å². The van der Waals surface area contributed by atoms with Crippen LogP contribution in [0.15, 0.2) is 12.1 Å². The molecular formula is C23H33ClF2. The average molecular weight is 383 g/mol. The molecule has 2 fully saturated rings. The van der Waals surface area contributed by atoms with E-state index < -0.39 is 11.6 Å². The lowest BCUT2D eigenvalue weighted by Gasteiger charge is -2.38. The Balaban J connectivity index is 1.46. The first-order valence-corrected chi connectivity index (χ1v) is 11.1. The van der Waals surface area contributed by atoms with Crippen LogP contribution in [0.3, 0.4) is 0 Å². The molecule has 0 radical (unpaired) electrons. The first-order chi connectivity index (χ1) is 12.6. The van der Waals surface area contributed by atoms with Crippen molar-refractivity contribution in [2.45, 2.75) is 89.9 Å². The standard InChI is InChI=1S/C23H33ClF2/c1-2-3-4-5-16-6-8-17(9-7-16)18-10-12-19(13-11-18)20-14-21(25)23(24)22(26)15-20/h14-19H,2-13H2,1H3. The normalized spacial score (nSPS) is 29.7. The lowest BCUT2D eigenvalue weighted by Crippen LogP contribution is -2.25. The highest BCUT2D eigenvalue weighted by Gasteiger charge is 2.31. The van der Waals surface area contributed by atoms with Gasteiger partial charge in [-0.05, 0) is 79.9 Å². The van der Waals surface area contributed by atoms with E-state index in [4.69, 9.17) is 11.6 Å². The third kappa shape index (κ3) is 5.00. The third-order valence-electron chi connectivity index (χ3n) is 7.02. The van der Waals surface area contributed by atoms with Crippen molar-refractivity contribution in [1.29, 1.82) is 0 Å². The number of unbranched alkanes of at least 4 members (excludes halogenated alkanes) is 2. The SMILES string of the molecule is CCCCCC1CCC(C2CCC(c3cc(F)c(Cl)c(F)c3)CC2)CC1. The molecular weight excluding hydrogens is 350 g/mol. The van der Waals surface area contributed by atoms with E-state index in [1.807, 2.05) is 0 Å². The zero-order valence-electron chi connectivity index (χ0n) is 16.1. The van der Waals surface area contributed by atoms with Crippen LogP contribution in [0.5, 0.6) is 0 Å². The van der Waals surface area contributed by atoms with Gasteiger partial charge in [0.2, 0.25) is 0 Å². The first kappa shape index (κ1) is 20.1. The molecule has 2 aliphatic rings. The van der Waals surface area contributed by atoms with Gasteiger partial charge in [-0.3, -0.25) is 0 Å². The minimum Gasteiger partial charge on any atom is -0.205 e. The van der Waals surface area contributed by atoms with Crippen molar-refractivity contribution in [1.82, 2.24) is 0 Å². The van der Waals surface area contributed by atoms with Gasteiger partial charge in [-0.15, -0.1) is 0 Å². The predicted molar refractivity (Wildman–Crippen MR) is 106 cm³/mol. The molecule has 0 nitrogen and oxygen atoms in total. The van der Waals surface area contributed by atoms with Crippen LogP contribution in [0, 0.1) is 29.4 Å². The van der Waals surface area contributed by atoms with Crippen molar-refractivity contribution < 1.29 is 8.78 Å². The molecule has 2 aliphatic carbocycles. The van der Waals surface area contributed by atoms with E-state index in [2.05, 4.69) is 6.92 Å². The summed E-state index contributed by atoms with van der Waals surface area (Å²) in [5, 5.41) is -0.377.